The van der Waals surface area contributed by atoms with Gasteiger partial charge < -0.3 is 25.7 Å². The van der Waals surface area contributed by atoms with Crippen molar-refractivity contribution >= 4 is 23.0 Å². The predicted octanol–water partition coefficient (Wildman–Crippen LogP) is 2.54. The van der Waals surface area contributed by atoms with Gasteiger partial charge in [-0.2, -0.15) is 0 Å². The number of aromatic amines is 1. The van der Waals surface area contributed by atoms with E-state index in [1.165, 1.54) is 16.5 Å². The van der Waals surface area contributed by atoms with Crippen LogP contribution in [-0.4, -0.2) is 54.2 Å². The molecule has 7 nitrogen and oxygen atoms in total. The number of guanidine groups is 1. The Morgan fingerprint density at radius 3 is 2.93 bits per heavy atom. The van der Waals surface area contributed by atoms with Gasteiger partial charge in [-0.05, 0) is 50.3 Å². The van der Waals surface area contributed by atoms with E-state index in [4.69, 9.17) is 10.5 Å². The minimum absolute atomic E-state index is 0.230. The number of benzene rings is 1. The van der Waals surface area contributed by atoms with Gasteiger partial charge in [0.05, 0.1) is 6.61 Å². The summed E-state index contributed by atoms with van der Waals surface area (Å²) >= 11 is 0. The summed E-state index contributed by atoms with van der Waals surface area (Å²) in [6.07, 6.45) is 4.35. The molecule has 0 spiro atoms. The Morgan fingerprint density at radius 1 is 1.41 bits per heavy atom. The van der Waals surface area contributed by atoms with Crippen LogP contribution in [0.2, 0.25) is 0 Å². The summed E-state index contributed by atoms with van der Waals surface area (Å²) in [7, 11) is 0. The molecule has 1 aliphatic rings. The van der Waals surface area contributed by atoms with Crippen LogP contribution < -0.4 is 11.1 Å². The molecule has 146 valence electrons. The predicted molar refractivity (Wildman–Crippen MR) is 108 cm³/mol. The minimum Gasteiger partial charge on any atom is -0.450 e. The smallest absolute Gasteiger partial charge is 0.409 e. The van der Waals surface area contributed by atoms with Crippen molar-refractivity contribution < 1.29 is 9.53 Å². The molecule has 1 saturated heterocycles. The number of ether oxygens (including phenoxy) is 1. The first-order chi connectivity index (χ1) is 13.1. The Kier molecular flexibility index (Phi) is 6.21. The van der Waals surface area contributed by atoms with Crippen molar-refractivity contribution in [3.63, 3.8) is 0 Å². The molecule has 0 aliphatic carbocycles. The number of fused-ring (bicyclic) bond motifs is 1. The third-order valence-corrected chi connectivity index (χ3v) is 4.96. The van der Waals surface area contributed by atoms with E-state index < -0.39 is 0 Å². The number of amides is 1. The van der Waals surface area contributed by atoms with Crippen molar-refractivity contribution in [3.05, 3.63) is 35.5 Å². The van der Waals surface area contributed by atoms with Gasteiger partial charge in [-0.15, -0.1) is 0 Å². The Balaban J connectivity index is 1.45. The van der Waals surface area contributed by atoms with E-state index in [-0.39, 0.29) is 12.1 Å². The van der Waals surface area contributed by atoms with Crippen molar-refractivity contribution in [3.8, 4) is 0 Å². The van der Waals surface area contributed by atoms with Gasteiger partial charge in [-0.1, -0.05) is 12.1 Å². The van der Waals surface area contributed by atoms with Crippen molar-refractivity contribution in [2.75, 3.05) is 26.2 Å². The number of piperidine rings is 1. The number of H-pyrrole nitrogens is 1. The third kappa shape index (κ3) is 4.93. The zero-order chi connectivity index (χ0) is 19.2. The van der Waals surface area contributed by atoms with E-state index >= 15 is 0 Å². The van der Waals surface area contributed by atoms with Crippen LogP contribution in [0.3, 0.4) is 0 Å². The average Bonchev–Trinajstić information content (AvgIpc) is 3.04. The van der Waals surface area contributed by atoms with Gasteiger partial charge in [-0.3, -0.25) is 4.99 Å². The lowest BCUT2D eigenvalue weighted by Gasteiger charge is -2.31. The maximum atomic E-state index is 11.7. The number of aromatic nitrogens is 1. The Morgan fingerprint density at radius 2 is 2.19 bits per heavy atom. The van der Waals surface area contributed by atoms with E-state index in [0.717, 1.165) is 24.8 Å². The molecule has 0 saturated carbocycles. The average molecular weight is 371 g/mol. The molecule has 1 amide bonds. The first-order valence-corrected chi connectivity index (χ1v) is 9.61. The molecule has 27 heavy (non-hydrogen) atoms. The fourth-order valence-corrected chi connectivity index (χ4v) is 3.48. The maximum absolute atomic E-state index is 11.7. The Hall–Kier alpha value is -2.70. The topological polar surface area (TPSA) is 95.7 Å². The number of carbonyl (C=O) groups is 1. The van der Waals surface area contributed by atoms with Crippen molar-refractivity contribution in [1.82, 2.24) is 15.2 Å². The van der Waals surface area contributed by atoms with Crippen LogP contribution in [0.4, 0.5) is 4.79 Å². The molecule has 1 aromatic heterocycles. The molecule has 3 rings (SSSR count). The summed E-state index contributed by atoms with van der Waals surface area (Å²) in [5, 5.41) is 4.52. The summed E-state index contributed by atoms with van der Waals surface area (Å²) in [6, 6.07) is 6.68. The number of hydrogen-bond acceptors (Lipinski definition) is 3. The fourth-order valence-electron chi connectivity index (χ4n) is 3.48. The van der Waals surface area contributed by atoms with Gasteiger partial charge >= 0.3 is 6.09 Å². The highest BCUT2D eigenvalue weighted by Crippen LogP contribution is 2.20. The van der Waals surface area contributed by atoms with Crippen molar-refractivity contribution in [2.45, 2.75) is 39.2 Å². The zero-order valence-corrected chi connectivity index (χ0v) is 16.1. The first-order valence-electron chi connectivity index (χ1n) is 9.61. The van der Waals surface area contributed by atoms with Crippen LogP contribution in [0.25, 0.3) is 10.9 Å². The molecular formula is C20H29N5O2. The van der Waals surface area contributed by atoms with Crippen LogP contribution >= 0.6 is 0 Å². The second-order valence-corrected chi connectivity index (χ2v) is 6.98. The number of hydrogen-bond donors (Lipinski definition) is 3. The highest BCUT2D eigenvalue weighted by molar-refractivity contribution is 5.84. The van der Waals surface area contributed by atoms with Crippen LogP contribution in [0.5, 0.6) is 0 Å². The number of nitrogens with one attached hydrogen (secondary N) is 2. The molecule has 0 radical (unpaired) electrons. The second-order valence-electron chi connectivity index (χ2n) is 6.98. The van der Waals surface area contributed by atoms with E-state index in [1.54, 1.807) is 4.90 Å². The molecule has 0 atom stereocenters. The summed E-state index contributed by atoms with van der Waals surface area (Å²) in [6.45, 7) is 6.32. The number of rotatable bonds is 5. The molecule has 2 heterocycles. The number of nitrogens with two attached hydrogens (primary N) is 1. The minimum atomic E-state index is -0.230. The SMILES string of the molecule is CCOC(=O)N1CCC(NC(N)=NCCc2c[nH]c3cc(C)ccc23)CC1. The van der Waals surface area contributed by atoms with Gasteiger partial charge in [0.2, 0.25) is 0 Å². The second kappa shape index (κ2) is 8.79. The summed E-state index contributed by atoms with van der Waals surface area (Å²) in [5.74, 6) is 0.472. The largest absolute Gasteiger partial charge is 0.450 e. The van der Waals surface area contributed by atoms with Crippen molar-refractivity contribution in [2.24, 2.45) is 10.7 Å². The molecule has 1 aliphatic heterocycles. The Bertz CT molecular complexity index is 806. The zero-order valence-electron chi connectivity index (χ0n) is 16.1. The van der Waals surface area contributed by atoms with E-state index in [1.807, 2.05) is 13.1 Å². The molecule has 0 unspecified atom stereocenters. The number of likely N-dealkylation sites (tertiary alicyclic amines) is 1. The standard InChI is InChI=1S/C20H29N5O2/c1-3-27-20(26)25-10-7-16(8-11-25)24-19(21)22-9-6-15-13-23-18-12-14(2)4-5-17(15)18/h4-5,12-13,16,23H,3,6-11H2,1-2H3,(H3,21,22,24). The number of aliphatic imine (C=N–C) groups is 1. The number of aryl methyl sites for hydroxylation is 1. The van der Waals surface area contributed by atoms with Gasteiger partial charge in [0.1, 0.15) is 0 Å². The van der Waals surface area contributed by atoms with Crippen molar-refractivity contribution in [1.29, 1.82) is 0 Å². The van der Waals surface area contributed by atoms with E-state index in [2.05, 4.69) is 40.4 Å². The lowest BCUT2D eigenvalue weighted by molar-refractivity contribution is 0.0963. The van der Waals surface area contributed by atoms with Gasteiger partial charge in [0.25, 0.3) is 0 Å². The monoisotopic (exact) mass is 371 g/mol. The molecule has 1 fully saturated rings. The number of carbonyl (C=O) groups excluding carboxylic acids is 1. The number of nitrogens with zero attached hydrogens (tertiary/aromatic N) is 2. The summed E-state index contributed by atoms with van der Waals surface area (Å²) in [5.41, 5.74) is 9.71. The van der Waals surface area contributed by atoms with Gasteiger partial charge in [0.15, 0.2) is 5.96 Å². The van der Waals surface area contributed by atoms with Gasteiger partial charge in [0, 0.05) is 42.8 Å². The molecular weight excluding hydrogens is 342 g/mol. The van der Waals surface area contributed by atoms with Crippen LogP contribution in [0, 0.1) is 6.92 Å². The van der Waals surface area contributed by atoms with Crippen LogP contribution in [0.1, 0.15) is 30.9 Å². The first kappa shape index (κ1) is 19.1. The molecule has 2 aromatic rings. The lowest BCUT2D eigenvalue weighted by atomic mass is 10.1. The fraction of sp³-hybridized carbons (Fsp3) is 0.500. The maximum Gasteiger partial charge on any atom is 0.409 e. The van der Waals surface area contributed by atoms with E-state index in [9.17, 15) is 4.79 Å². The summed E-state index contributed by atoms with van der Waals surface area (Å²) in [4.78, 5) is 21.3. The molecule has 4 N–H and O–H groups in total. The third-order valence-electron chi connectivity index (χ3n) is 4.96. The molecule has 1 aromatic carbocycles. The molecule has 7 heteroatoms. The van der Waals surface area contributed by atoms with Crippen LogP contribution in [-0.2, 0) is 11.2 Å². The van der Waals surface area contributed by atoms with Crippen LogP contribution in [0.15, 0.2) is 29.4 Å². The molecule has 0 bridgehead atoms. The van der Waals surface area contributed by atoms with E-state index in [0.29, 0.717) is 32.2 Å². The van der Waals surface area contributed by atoms with Gasteiger partial charge in [-0.25, -0.2) is 4.79 Å². The Labute approximate surface area is 160 Å². The normalized spacial score (nSPS) is 15.9. The highest BCUT2D eigenvalue weighted by Gasteiger charge is 2.23. The summed E-state index contributed by atoms with van der Waals surface area (Å²) < 4.78 is 5.04. The quantitative estimate of drug-likeness (QED) is 0.556. The lowest BCUT2D eigenvalue weighted by Crippen LogP contribution is -2.48. The highest BCUT2D eigenvalue weighted by atomic mass is 16.6.